The van der Waals surface area contributed by atoms with Crippen molar-refractivity contribution < 1.29 is 17.9 Å². The van der Waals surface area contributed by atoms with E-state index in [0.29, 0.717) is 18.1 Å². The number of nitrogens with zero attached hydrogens (tertiary/aromatic N) is 2. The molecule has 9 heteroatoms. The summed E-state index contributed by atoms with van der Waals surface area (Å²) in [5.41, 5.74) is 0.278. The van der Waals surface area contributed by atoms with Gasteiger partial charge in [0.05, 0.1) is 0 Å². The summed E-state index contributed by atoms with van der Waals surface area (Å²) in [5, 5.41) is 3.14. The Morgan fingerprint density at radius 2 is 1.83 bits per heavy atom. The topological polar surface area (TPSA) is 101 Å². The smallest absolute Gasteiger partial charge is 0.259 e. The fourth-order valence-corrected chi connectivity index (χ4v) is 3.71. The van der Waals surface area contributed by atoms with Crippen molar-refractivity contribution in [3.63, 3.8) is 0 Å². The molecule has 0 saturated carbocycles. The van der Waals surface area contributed by atoms with E-state index in [1.54, 1.807) is 47.0 Å². The van der Waals surface area contributed by atoms with Crippen LogP contribution in [0, 0.1) is 0 Å². The van der Waals surface area contributed by atoms with Crippen LogP contribution in [-0.2, 0) is 21.4 Å². The van der Waals surface area contributed by atoms with E-state index in [-0.39, 0.29) is 17.4 Å². The zero-order valence-electron chi connectivity index (χ0n) is 17.4. The number of anilines is 1. The SMILES string of the molecule is CN(C)C(=O)COc1ccccc1CNc1ccc(S(=O)(=O)NC(C)(C)C)cn1. The lowest BCUT2D eigenvalue weighted by molar-refractivity contribution is -0.130. The van der Waals surface area contributed by atoms with Crippen LogP contribution in [0.1, 0.15) is 26.3 Å². The zero-order valence-corrected chi connectivity index (χ0v) is 18.2. The van der Waals surface area contributed by atoms with Gasteiger partial charge in [-0.05, 0) is 39.0 Å². The highest BCUT2D eigenvalue weighted by molar-refractivity contribution is 7.89. The van der Waals surface area contributed by atoms with Gasteiger partial charge in [-0.3, -0.25) is 4.79 Å². The first-order valence-electron chi connectivity index (χ1n) is 9.13. The van der Waals surface area contributed by atoms with E-state index in [1.807, 2.05) is 18.2 Å². The number of nitrogens with one attached hydrogen (secondary N) is 2. The first-order chi connectivity index (χ1) is 13.5. The Bertz CT molecular complexity index is 936. The fourth-order valence-electron chi connectivity index (χ4n) is 2.35. The second-order valence-electron chi connectivity index (χ2n) is 7.77. The van der Waals surface area contributed by atoms with Crippen LogP contribution in [0.5, 0.6) is 5.75 Å². The van der Waals surface area contributed by atoms with Gasteiger partial charge in [-0.15, -0.1) is 0 Å². The third kappa shape index (κ3) is 7.03. The molecule has 0 unspecified atom stereocenters. The molecule has 2 N–H and O–H groups in total. The summed E-state index contributed by atoms with van der Waals surface area (Å²) in [6.07, 6.45) is 1.31. The molecule has 0 aliphatic heterocycles. The van der Waals surface area contributed by atoms with Crippen LogP contribution in [0.25, 0.3) is 0 Å². The van der Waals surface area contributed by atoms with E-state index in [0.717, 1.165) is 5.56 Å². The lowest BCUT2D eigenvalue weighted by atomic mass is 10.1. The molecule has 1 amide bonds. The van der Waals surface area contributed by atoms with Crippen LogP contribution in [0.4, 0.5) is 5.82 Å². The first kappa shape index (κ1) is 22.6. The number of likely N-dealkylation sites (N-methyl/N-ethyl adjacent to an activating group) is 1. The molecule has 158 valence electrons. The van der Waals surface area contributed by atoms with Crippen LogP contribution in [-0.4, -0.2) is 50.5 Å². The number of hydrogen-bond donors (Lipinski definition) is 2. The highest BCUT2D eigenvalue weighted by Gasteiger charge is 2.22. The van der Waals surface area contributed by atoms with Crippen molar-refractivity contribution in [1.82, 2.24) is 14.6 Å². The number of amides is 1. The van der Waals surface area contributed by atoms with Crippen molar-refractivity contribution in [3.05, 3.63) is 48.2 Å². The minimum atomic E-state index is -3.63. The molecule has 8 nitrogen and oxygen atoms in total. The minimum absolute atomic E-state index is 0.0460. The Morgan fingerprint density at radius 3 is 2.41 bits per heavy atom. The largest absolute Gasteiger partial charge is 0.483 e. The Kier molecular flexibility index (Phi) is 7.21. The predicted molar refractivity (Wildman–Crippen MR) is 112 cm³/mol. The third-order valence-corrected chi connectivity index (χ3v) is 5.51. The van der Waals surface area contributed by atoms with Gasteiger partial charge in [-0.2, -0.15) is 0 Å². The maximum Gasteiger partial charge on any atom is 0.259 e. The number of para-hydroxylation sites is 1. The van der Waals surface area contributed by atoms with E-state index in [9.17, 15) is 13.2 Å². The number of carbonyl (C=O) groups is 1. The number of pyridine rings is 1. The summed E-state index contributed by atoms with van der Waals surface area (Å²) in [6, 6.07) is 10.5. The van der Waals surface area contributed by atoms with Gasteiger partial charge in [0.1, 0.15) is 16.5 Å². The standard InChI is InChI=1S/C20H28N4O4S/c1-20(2,3)23-29(26,27)16-10-11-18(22-13-16)21-12-15-8-6-7-9-17(15)28-14-19(25)24(4)5/h6-11,13,23H,12,14H2,1-5H3,(H,21,22). The molecular weight excluding hydrogens is 392 g/mol. The summed E-state index contributed by atoms with van der Waals surface area (Å²) >= 11 is 0. The highest BCUT2D eigenvalue weighted by Crippen LogP contribution is 2.20. The maximum atomic E-state index is 12.3. The van der Waals surface area contributed by atoms with Gasteiger partial charge in [0.2, 0.25) is 10.0 Å². The molecule has 2 rings (SSSR count). The second kappa shape index (κ2) is 9.23. The number of hydrogen-bond acceptors (Lipinski definition) is 6. The monoisotopic (exact) mass is 420 g/mol. The quantitative estimate of drug-likeness (QED) is 0.679. The molecule has 0 atom stereocenters. The molecule has 29 heavy (non-hydrogen) atoms. The molecular formula is C20H28N4O4S. The molecule has 1 heterocycles. The van der Waals surface area contributed by atoms with E-state index < -0.39 is 15.6 Å². The van der Waals surface area contributed by atoms with Crippen LogP contribution in [0.2, 0.25) is 0 Å². The van der Waals surface area contributed by atoms with Gasteiger partial charge >= 0.3 is 0 Å². The summed E-state index contributed by atoms with van der Waals surface area (Å²) in [4.78, 5) is 17.5. The number of rotatable bonds is 8. The number of aromatic nitrogens is 1. The molecule has 0 bridgehead atoms. The molecule has 1 aromatic carbocycles. The average Bonchev–Trinajstić information content (AvgIpc) is 2.63. The number of ether oxygens (including phenoxy) is 1. The molecule has 0 fully saturated rings. The fraction of sp³-hybridized carbons (Fsp3) is 0.400. The van der Waals surface area contributed by atoms with Crippen molar-refractivity contribution in [3.8, 4) is 5.75 Å². The molecule has 0 aliphatic carbocycles. The molecule has 0 saturated heterocycles. The lowest BCUT2D eigenvalue weighted by Gasteiger charge is -2.20. The van der Waals surface area contributed by atoms with Gasteiger partial charge in [0.15, 0.2) is 6.61 Å². The summed E-state index contributed by atoms with van der Waals surface area (Å²) in [6.45, 7) is 5.69. The molecule has 0 radical (unpaired) electrons. The van der Waals surface area contributed by atoms with E-state index in [1.165, 1.54) is 17.2 Å². The van der Waals surface area contributed by atoms with Crippen molar-refractivity contribution in [1.29, 1.82) is 0 Å². The normalized spacial score (nSPS) is 11.8. The Morgan fingerprint density at radius 1 is 1.14 bits per heavy atom. The number of benzene rings is 1. The molecule has 2 aromatic rings. The summed E-state index contributed by atoms with van der Waals surface area (Å²) in [5.74, 6) is 0.998. The van der Waals surface area contributed by atoms with Gasteiger partial charge in [-0.25, -0.2) is 18.1 Å². The zero-order chi connectivity index (χ0) is 21.7. The van der Waals surface area contributed by atoms with Crippen molar-refractivity contribution in [2.75, 3.05) is 26.0 Å². The number of carbonyl (C=O) groups excluding carboxylic acids is 1. The van der Waals surface area contributed by atoms with Crippen LogP contribution < -0.4 is 14.8 Å². The Labute approximate surface area is 172 Å². The van der Waals surface area contributed by atoms with Crippen LogP contribution in [0.15, 0.2) is 47.5 Å². The predicted octanol–water partition coefficient (Wildman–Crippen LogP) is 2.24. The summed E-state index contributed by atoms with van der Waals surface area (Å²) in [7, 11) is -0.283. The van der Waals surface area contributed by atoms with E-state index in [2.05, 4.69) is 15.0 Å². The average molecular weight is 421 g/mol. The molecule has 0 spiro atoms. The first-order valence-corrected chi connectivity index (χ1v) is 10.6. The lowest BCUT2D eigenvalue weighted by Crippen LogP contribution is -2.40. The van der Waals surface area contributed by atoms with Gasteiger partial charge < -0.3 is 15.0 Å². The van der Waals surface area contributed by atoms with Crippen molar-refractivity contribution >= 4 is 21.7 Å². The molecule has 0 aliphatic rings. The van der Waals surface area contributed by atoms with Crippen molar-refractivity contribution in [2.24, 2.45) is 0 Å². The van der Waals surface area contributed by atoms with E-state index >= 15 is 0 Å². The highest BCUT2D eigenvalue weighted by atomic mass is 32.2. The minimum Gasteiger partial charge on any atom is -0.483 e. The second-order valence-corrected chi connectivity index (χ2v) is 9.46. The van der Waals surface area contributed by atoms with Crippen LogP contribution >= 0.6 is 0 Å². The van der Waals surface area contributed by atoms with Crippen LogP contribution in [0.3, 0.4) is 0 Å². The number of sulfonamides is 1. The van der Waals surface area contributed by atoms with Crippen molar-refractivity contribution in [2.45, 2.75) is 37.8 Å². The van der Waals surface area contributed by atoms with E-state index in [4.69, 9.17) is 4.74 Å². The Hall–Kier alpha value is -2.65. The Balaban J connectivity index is 2.03. The molecule has 1 aromatic heterocycles. The van der Waals surface area contributed by atoms with Gasteiger partial charge in [0.25, 0.3) is 5.91 Å². The van der Waals surface area contributed by atoms with Gasteiger partial charge in [0, 0.05) is 37.9 Å². The maximum absolute atomic E-state index is 12.3. The van der Waals surface area contributed by atoms with Gasteiger partial charge in [-0.1, -0.05) is 18.2 Å². The third-order valence-electron chi connectivity index (χ3n) is 3.77. The summed E-state index contributed by atoms with van der Waals surface area (Å²) < 4.78 is 32.9.